The van der Waals surface area contributed by atoms with Crippen molar-refractivity contribution in [1.29, 1.82) is 0 Å². The minimum absolute atomic E-state index is 0.0659. The molecule has 1 fully saturated rings. The lowest BCUT2D eigenvalue weighted by atomic mass is 9.78. The first kappa shape index (κ1) is 17.2. The Hall–Kier alpha value is -2.63. The number of carbonyl (C=O) groups is 2. The fourth-order valence-electron chi connectivity index (χ4n) is 3.41. The molecule has 1 aromatic heterocycles. The Labute approximate surface area is 145 Å². The van der Waals surface area contributed by atoms with Crippen LogP contribution in [0.1, 0.15) is 41.8 Å². The van der Waals surface area contributed by atoms with Crippen LogP contribution in [0.3, 0.4) is 0 Å². The third-order valence-corrected chi connectivity index (χ3v) is 4.73. The molecule has 1 heterocycles. The van der Waals surface area contributed by atoms with E-state index in [2.05, 4.69) is 10.6 Å². The fourth-order valence-corrected chi connectivity index (χ4v) is 3.41. The van der Waals surface area contributed by atoms with Crippen LogP contribution in [0, 0.1) is 5.82 Å². The van der Waals surface area contributed by atoms with Crippen LogP contribution in [0.15, 0.2) is 47.1 Å². The van der Waals surface area contributed by atoms with Crippen molar-refractivity contribution in [3.8, 4) is 0 Å². The molecule has 132 valence electrons. The summed E-state index contributed by atoms with van der Waals surface area (Å²) in [5.41, 5.74) is 0.252. The van der Waals surface area contributed by atoms with Gasteiger partial charge in [0.2, 0.25) is 5.91 Å². The first-order valence-electron chi connectivity index (χ1n) is 8.48. The van der Waals surface area contributed by atoms with Crippen LogP contribution in [0.2, 0.25) is 0 Å². The topological polar surface area (TPSA) is 71.3 Å². The summed E-state index contributed by atoms with van der Waals surface area (Å²) in [6, 6.07) is 9.40. The number of furan rings is 1. The highest BCUT2D eigenvalue weighted by atomic mass is 19.1. The number of nitrogens with one attached hydrogen (secondary N) is 2. The zero-order chi connectivity index (χ0) is 17.7. The summed E-state index contributed by atoms with van der Waals surface area (Å²) in [5.74, 6) is -0.444. The first-order chi connectivity index (χ1) is 12.1. The molecule has 1 aromatic carbocycles. The maximum absolute atomic E-state index is 13.2. The highest BCUT2D eigenvalue weighted by Crippen LogP contribution is 2.41. The SMILES string of the molecule is O=C(NCCNC(=O)C1(c2ccc(F)cc2)CCCC1)c1ccco1. The number of carbonyl (C=O) groups excluding carboxylic acids is 2. The lowest BCUT2D eigenvalue weighted by molar-refractivity contribution is -0.126. The zero-order valence-electron chi connectivity index (χ0n) is 13.9. The summed E-state index contributed by atoms with van der Waals surface area (Å²) in [7, 11) is 0. The predicted octanol–water partition coefficient (Wildman–Crippen LogP) is 2.78. The second-order valence-corrected chi connectivity index (χ2v) is 6.29. The van der Waals surface area contributed by atoms with E-state index in [-0.39, 0.29) is 23.4 Å². The smallest absolute Gasteiger partial charge is 0.287 e. The summed E-state index contributed by atoms with van der Waals surface area (Å²) < 4.78 is 18.2. The van der Waals surface area contributed by atoms with Crippen molar-refractivity contribution in [1.82, 2.24) is 10.6 Å². The number of rotatable bonds is 6. The molecule has 1 aliphatic rings. The van der Waals surface area contributed by atoms with Gasteiger partial charge in [-0.25, -0.2) is 4.39 Å². The Kier molecular flexibility index (Phi) is 5.16. The molecule has 5 nitrogen and oxygen atoms in total. The highest BCUT2D eigenvalue weighted by Gasteiger charge is 2.42. The average molecular weight is 344 g/mol. The molecule has 6 heteroatoms. The molecule has 0 radical (unpaired) electrons. The van der Waals surface area contributed by atoms with Crippen LogP contribution in [0.5, 0.6) is 0 Å². The summed E-state index contributed by atoms with van der Waals surface area (Å²) in [6.07, 6.45) is 4.88. The molecule has 0 saturated heterocycles. The standard InChI is InChI=1S/C19H21FN2O3/c20-15-7-5-14(6-8-15)19(9-1-2-10-19)18(24)22-12-11-21-17(23)16-4-3-13-25-16/h3-8,13H,1-2,9-12H2,(H,21,23)(H,22,24). The Morgan fingerprint density at radius 2 is 1.72 bits per heavy atom. The van der Waals surface area contributed by atoms with Crippen LogP contribution in [0.25, 0.3) is 0 Å². The number of hydrogen-bond donors (Lipinski definition) is 2. The molecule has 2 aromatic rings. The molecule has 3 rings (SSSR count). The monoisotopic (exact) mass is 344 g/mol. The van der Waals surface area contributed by atoms with Gasteiger partial charge in [-0.1, -0.05) is 25.0 Å². The minimum atomic E-state index is -0.598. The van der Waals surface area contributed by atoms with Gasteiger partial charge in [0.05, 0.1) is 11.7 Å². The van der Waals surface area contributed by atoms with Gasteiger partial charge >= 0.3 is 0 Å². The Morgan fingerprint density at radius 3 is 2.36 bits per heavy atom. The van der Waals surface area contributed by atoms with Crippen molar-refractivity contribution in [2.45, 2.75) is 31.1 Å². The summed E-state index contributed by atoms with van der Waals surface area (Å²) >= 11 is 0. The fraction of sp³-hybridized carbons (Fsp3) is 0.368. The quantitative estimate of drug-likeness (QED) is 0.792. The van der Waals surface area contributed by atoms with Crippen LogP contribution >= 0.6 is 0 Å². The van der Waals surface area contributed by atoms with Gasteiger partial charge in [0, 0.05) is 13.1 Å². The van der Waals surface area contributed by atoms with Crippen LogP contribution < -0.4 is 10.6 Å². The molecule has 1 saturated carbocycles. The zero-order valence-corrected chi connectivity index (χ0v) is 13.9. The van der Waals surface area contributed by atoms with Crippen molar-refractivity contribution in [2.75, 3.05) is 13.1 Å². The van der Waals surface area contributed by atoms with Gasteiger partial charge in [0.25, 0.3) is 5.91 Å². The lowest BCUT2D eigenvalue weighted by Crippen LogP contribution is -2.45. The molecule has 0 aliphatic heterocycles. The molecule has 2 N–H and O–H groups in total. The number of amides is 2. The van der Waals surface area contributed by atoms with Crippen molar-refractivity contribution in [3.05, 3.63) is 59.8 Å². The van der Waals surface area contributed by atoms with Crippen molar-refractivity contribution >= 4 is 11.8 Å². The normalized spacial score (nSPS) is 15.7. The second-order valence-electron chi connectivity index (χ2n) is 6.29. The van der Waals surface area contributed by atoms with E-state index < -0.39 is 5.41 Å². The Morgan fingerprint density at radius 1 is 1.04 bits per heavy atom. The largest absolute Gasteiger partial charge is 0.459 e. The van der Waals surface area contributed by atoms with Gasteiger partial charge in [0.1, 0.15) is 5.82 Å². The van der Waals surface area contributed by atoms with E-state index in [4.69, 9.17) is 4.42 Å². The number of halogens is 1. The second kappa shape index (κ2) is 7.51. The Bertz CT molecular complexity index is 720. The van der Waals surface area contributed by atoms with Gasteiger partial charge in [0.15, 0.2) is 5.76 Å². The van der Waals surface area contributed by atoms with Gasteiger partial charge in [-0.05, 0) is 42.7 Å². The molecule has 2 amide bonds. The number of benzene rings is 1. The first-order valence-corrected chi connectivity index (χ1v) is 8.48. The highest BCUT2D eigenvalue weighted by molar-refractivity contribution is 5.91. The van der Waals surface area contributed by atoms with Crippen LogP contribution in [0.4, 0.5) is 4.39 Å². The Balaban J connectivity index is 1.56. The summed E-state index contributed by atoms with van der Waals surface area (Å²) in [6.45, 7) is 0.638. The van der Waals surface area contributed by atoms with E-state index in [1.807, 2.05) is 0 Å². The van der Waals surface area contributed by atoms with E-state index in [9.17, 15) is 14.0 Å². The van der Waals surface area contributed by atoms with Crippen LogP contribution in [-0.4, -0.2) is 24.9 Å². The molecular formula is C19H21FN2O3. The molecule has 25 heavy (non-hydrogen) atoms. The predicted molar refractivity (Wildman–Crippen MR) is 90.6 cm³/mol. The van der Waals surface area contributed by atoms with Crippen molar-refractivity contribution in [3.63, 3.8) is 0 Å². The van der Waals surface area contributed by atoms with E-state index in [1.54, 1.807) is 24.3 Å². The molecular weight excluding hydrogens is 323 g/mol. The van der Waals surface area contributed by atoms with E-state index in [1.165, 1.54) is 18.4 Å². The van der Waals surface area contributed by atoms with Gasteiger partial charge in [-0.2, -0.15) is 0 Å². The number of hydrogen-bond acceptors (Lipinski definition) is 3. The van der Waals surface area contributed by atoms with Gasteiger partial charge in [-0.15, -0.1) is 0 Å². The average Bonchev–Trinajstić information content (AvgIpc) is 3.31. The maximum Gasteiger partial charge on any atom is 0.287 e. The van der Waals surface area contributed by atoms with Crippen molar-refractivity contribution in [2.24, 2.45) is 0 Å². The minimum Gasteiger partial charge on any atom is -0.459 e. The molecule has 0 bridgehead atoms. The molecule has 0 unspecified atom stereocenters. The summed E-state index contributed by atoms with van der Waals surface area (Å²) in [4.78, 5) is 24.6. The molecule has 0 spiro atoms. The maximum atomic E-state index is 13.2. The summed E-state index contributed by atoms with van der Waals surface area (Å²) in [5, 5.41) is 5.59. The van der Waals surface area contributed by atoms with Gasteiger partial charge < -0.3 is 15.1 Å². The van der Waals surface area contributed by atoms with Crippen molar-refractivity contribution < 1.29 is 18.4 Å². The van der Waals surface area contributed by atoms with Crippen LogP contribution in [-0.2, 0) is 10.2 Å². The van der Waals surface area contributed by atoms with E-state index in [0.717, 1.165) is 31.2 Å². The lowest BCUT2D eigenvalue weighted by Gasteiger charge is -2.28. The third kappa shape index (κ3) is 3.73. The van der Waals surface area contributed by atoms with E-state index >= 15 is 0 Å². The van der Waals surface area contributed by atoms with Gasteiger partial charge in [-0.3, -0.25) is 9.59 Å². The van der Waals surface area contributed by atoms with E-state index in [0.29, 0.717) is 13.1 Å². The molecule has 1 aliphatic carbocycles. The third-order valence-electron chi connectivity index (χ3n) is 4.73. The molecule has 0 atom stereocenters.